The van der Waals surface area contributed by atoms with E-state index in [0.717, 1.165) is 75.4 Å². The predicted molar refractivity (Wildman–Crippen MR) is 146 cm³/mol. The van der Waals surface area contributed by atoms with Crippen LogP contribution >= 0.6 is 0 Å². The van der Waals surface area contributed by atoms with Gasteiger partial charge < -0.3 is 4.84 Å². The van der Waals surface area contributed by atoms with E-state index in [1.807, 2.05) is 20.8 Å². The van der Waals surface area contributed by atoms with Crippen molar-refractivity contribution in [2.45, 2.75) is 98.4 Å². The van der Waals surface area contributed by atoms with Crippen LogP contribution in [0.4, 0.5) is 13.2 Å². The molecular weight excluding hydrogens is 473 g/mol. The zero-order chi connectivity index (χ0) is 27.0. The van der Waals surface area contributed by atoms with Crippen LogP contribution in [0.15, 0.2) is 41.6 Å². The minimum absolute atomic E-state index is 0.00386. The third-order valence-electron chi connectivity index (χ3n) is 7.44. The molecule has 2 aromatic carbocycles. The fraction of sp³-hybridized carbons (Fsp3) is 0.581. The Morgan fingerprint density at radius 3 is 2.32 bits per heavy atom. The van der Waals surface area contributed by atoms with Gasteiger partial charge in [-0.1, -0.05) is 76.4 Å². The number of hydrogen-bond acceptors (Lipinski definition) is 3. The number of benzene rings is 2. The van der Waals surface area contributed by atoms with Crippen molar-refractivity contribution in [2.24, 2.45) is 11.1 Å². The van der Waals surface area contributed by atoms with Gasteiger partial charge in [0.2, 0.25) is 0 Å². The number of rotatable bonds is 8. The van der Waals surface area contributed by atoms with E-state index in [1.54, 1.807) is 12.1 Å². The summed E-state index contributed by atoms with van der Waals surface area (Å²) in [5.74, 6) is 0.775. The molecule has 37 heavy (non-hydrogen) atoms. The van der Waals surface area contributed by atoms with Crippen molar-refractivity contribution in [3.8, 4) is 0 Å². The second-order valence-corrected chi connectivity index (χ2v) is 10.3. The summed E-state index contributed by atoms with van der Waals surface area (Å²) in [7, 11) is 0. The molecule has 0 unspecified atom stereocenters. The number of likely N-dealkylation sites (tertiary alicyclic amines) is 1. The average molecular weight is 517 g/mol. The molecule has 0 spiro atoms. The molecule has 0 atom stereocenters. The lowest BCUT2D eigenvalue weighted by atomic mass is 9.81. The van der Waals surface area contributed by atoms with Crippen LogP contribution in [0.3, 0.4) is 0 Å². The second-order valence-electron chi connectivity index (χ2n) is 10.3. The van der Waals surface area contributed by atoms with Gasteiger partial charge in [0, 0.05) is 19.6 Å². The molecule has 0 radical (unpaired) electrons. The first-order chi connectivity index (χ1) is 17.7. The average Bonchev–Trinajstić information content (AvgIpc) is 2.89. The Bertz CT molecular complexity index is 1040. The van der Waals surface area contributed by atoms with E-state index in [4.69, 9.17) is 4.84 Å². The largest absolute Gasteiger partial charge is 0.416 e. The van der Waals surface area contributed by atoms with Crippen LogP contribution in [0.5, 0.6) is 0 Å². The summed E-state index contributed by atoms with van der Waals surface area (Å²) >= 11 is 0. The predicted octanol–water partition coefficient (Wildman–Crippen LogP) is 8.73. The lowest BCUT2D eigenvalue weighted by Crippen LogP contribution is -2.44. The Kier molecular flexibility index (Phi) is 10.6. The number of alkyl halides is 3. The molecule has 1 aliphatic heterocycles. The van der Waals surface area contributed by atoms with Gasteiger partial charge in [0.05, 0.1) is 11.3 Å². The molecule has 2 fully saturated rings. The lowest BCUT2D eigenvalue weighted by molar-refractivity contribution is -0.138. The third-order valence-corrected chi connectivity index (χ3v) is 7.44. The van der Waals surface area contributed by atoms with Gasteiger partial charge in [-0.15, -0.1) is 0 Å². The van der Waals surface area contributed by atoms with Crippen molar-refractivity contribution in [1.29, 1.82) is 0 Å². The Labute approximate surface area is 221 Å². The zero-order valence-corrected chi connectivity index (χ0v) is 23.1. The minimum Gasteiger partial charge on any atom is -0.391 e. The van der Waals surface area contributed by atoms with Gasteiger partial charge in [-0.05, 0) is 78.0 Å². The van der Waals surface area contributed by atoms with Crippen molar-refractivity contribution in [1.82, 2.24) is 4.90 Å². The topological polar surface area (TPSA) is 24.8 Å². The highest BCUT2D eigenvalue weighted by molar-refractivity contribution is 5.98. The molecule has 2 aliphatic rings. The number of halogens is 3. The molecule has 0 bridgehead atoms. The van der Waals surface area contributed by atoms with Crippen LogP contribution in [0, 0.1) is 5.92 Å². The summed E-state index contributed by atoms with van der Waals surface area (Å²) in [5.41, 5.74) is 4.73. The second kappa shape index (κ2) is 13.5. The molecule has 4 rings (SSSR count). The highest BCUT2D eigenvalue weighted by Crippen LogP contribution is 2.41. The monoisotopic (exact) mass is 516 g/mol. The smallest absolute Gasteiger partial charge is 0.391 e. The molecular formula is C31H43F3N2O. The van der Waals surface area contributed by atoms with Crippen molar-refractivity contribution >= 4 is 5.71 Å². The van der Waals surface area contributed by atoms with Crippen LogP contribution in [0.25, 0.3) is 0 Å². The fourth-order valence-corrected chi connectivity index (χ4v) is 5.50. The Morgan fingerprint density at radius 1 is 1.00 bits per heavy atom. The summed E-state index contributed by atoms with van der Waals surface area (Å²) in [6, 6.07) is 11.0. The van der Waals surface area contributed by atoms with Crippen molar-refractivity contribution in [2.75, 3.05) is 13.1 Å². The van der Waals surface area contributed by atoms with Crippen molar-refractivity contribution in [3.05, 3.63) is 69.8 Å². The summed E-state index contributed by atoms with van der Waals surface area (Å²) < 4.78 is 41.4. The molecule has 1 aliphatic carbocycles. The Balaban J connectivity index is 0.00000186. The van der Waals surface area contributed by atoms with E-state index < -0.39 is 11.7 Å². The molecule has 2 aromatic rings. The van der Waals surface area contributed by atoms with Gasteiger partial charge in [0.25, 0.3) is 0 Å². The van der Waals surface area contributed by atoms with Gasteiger partial charge in [-0.2, -0.15) is 13.2 Å². The van der Waals surface area contributed by atoms with Crippen LogP contribution in [-0.2, 0) is 30.6 Å². The van der Waals surface area contributed by atoms with E-state index in [1.165, 1.54) is 17.2 Å². The van der Waals surface area contributed by atoms with Crippen LogP contribution in [0.2, 0.25) is 0 Å². The maximum absolute atomic E-state index is 13.8. The number of nitrogens with zero attached hydrogens (tertiary/aromatic N) is 2. The highest BCUT2D eigenvalue weighted by Gasteiger charge is 2.35. The van der Waals surface area contributed by atoms with E-state index in [-0.39, 0.29) is 12.5 Å². The van der Waals surface area contributed by atoms with Gasteiger partial charge >= 0.3 is 6.18 Å². The third kappa shape index (κ3) is 7.83. The fourth-order valence-electron chi connectivity index (χ4n) is 5.50. The quantitative estimate of drug-likeness (QED) is 0.259. The molecule has 3 nitrogen and oxygen atoms in total. The van der Waals surface area contributed by atoms with Crippen molar-refractivity contribution < 1.29 is 18.0 Å². The number of aryl methyl sites for hydroxylation is 1. The highest BCUT2D eigenvalue weighted by atomic mass is 19.4. The van der Waals surface area contributed by atoms with E-state index in [9.17, 15) is 13.2 Å². The van der Waals surface area contributed by atoms with E-state index >= 15 is 0 Å². The first-order valence-corrected chi connectivity index (χ1v) is 14.0. The number of oxime groups is 1. The zero-order valence-electron chi connectivity index (χ0n) is 23.1. The molecule has 6 heteroatoms. The van der Waals surface area contributed by atoms with Crippen molar-refractivity contribution in [3.63, 3.8) is 0 Å². The first-order valence-electron chi connectivity index (χ1n) is 14.0. The normalized spacial score (nSPS) is 17.7. The van der Waals surface area contributed by atoms with E-state index in [0.29, 0.717) is 11.1 Å². The van der Waals surface area contributed by atoms with Gasteiger partial charge in [0.15, 0.2) is 0 Å². The standard InChI is InChI=1S/C29H37F3N2O.C2H6/c1-4-23-15-25(11-12-26(23)18-34-16-20(2)17-34)21(3)33-35-19-22-10-13-27(24-8-6-5-7-9-24)28(14-22)29(30,31)32;1-2/h10-15,20,24H,4-9,16-19H2,1-3H3;1-2H3/b33-21+;. The molecule has 204 valence electrons. The molecule has 0 amide bonds. The van der Waals surface area contributed by atoms with Crippen LogP contribution in [0.1, 0.15) is 106 Å². The van der Waals surface area contributed by atoms with Gasteiger partial charge in [-0.25, -0.2) is 0 Å². The SMILES string of the molecule is CC.CCc1cc(/C(C)=N/OCc2ccc(C3CCCCC3)c(C(F)(F)F)c2)ccc1CN1CC(C)C1. The minimum atomic E-state index is -4.37. The Morgan fingerprint density at radius 2 is 1.70 bits per heavy atom. The molecule has 1 heterocycles. The van der Waals surface area contributed by atoms with Crippen LogP contribution < -0.4 is 0 Å². The summed E-state index contributed by atoms with van der Waals surface area (Å²) in [5, 5.41) is 4.22. The Hall–Kier alpha value is -2.34. The molecule has 0 N–H and O–H groups in total. The maximum Gasteiger partial charge on any atom is 0.416 e. The van der Waals surface area contributed by atoms with Crippen LogP contribution in [-0.4, -0.2) is 23.7 Å². The van der Waals surface area contributed by atoms with Gasteiger partial charge in [0.1, 0.15) is 6.61 Å². The molecule has 0 aromatic heterocycles. The maximum atomic E-state index is 13.8. The summed E-state index contributed by atoms with van der Waals surface area (Å²) in [4.78, 5) is 7.96. The van der Waals surface area contributed by atoms with Gasteiger partial charge in [-0.3, -0.25) is 4.90 Å². The molecule has 1 saturated carbocycles. The molecule has 1 saturated heterocycles. The number of hydrogen-bond donors (Lipinski definition) is 0. The summed E-state index contributed by atoms with van der Waals surface area (Å²) in [6.45, 7) is 13.6. The lowest BCUT2D eigenvalue weighted by Gasteiger charge is -2.37. The summed E-state index contributed by atoms with van der Waals surface area (Å²) in [6.07, 6.45) is 1.35. The van der Waals surface area contributed by atoms with E-state index in [2.05, 4.69) is 42.1 Å². The first kappa shape index (κ1) is 29.2.